The minimum absolute atomic E-state index is 0.155. The SMILES string of the molecule is CCOc1ccc(N2C(=O)C(=O)N(CC(=O)c3c[nH]c4ccccc34)C2=O)cc1OCC. The standard InChI is InChI=1S/C23H21N3O6/c1-3-31-19-10-9-14(11-20(19)32-4-2)26-22(29)21(28)25(23(26)30)13-18(27)16-12-24-17-8-6-5-7-15(16)17/h5-12,24H,3-4,13H2,1-2H3. The summed E-state index contributed by atoms with van der Waals surface area (Å²) in [5.41, 5.74) is 1.25. The van der Waals surface area contributed by atoms with Gasteiger partial charge in [-0.1, -0.05) is 18.2 Å². The molecule has 9 nitrogen and oxygen atoms in total. The van der Waals surface area contributed by atoms with Crippen LogP contribution in [0, 0.1) is 0 Å². The van der Waals surface area contributed by atoms with Gasteiger partial charge in [-0.05, 0) is 32.0 Å². The number of nitrogens with zero attached hydrogens (tertiary/aromatic N) is 2. The number of ether oxygens (including phenoxy) is 2. The van der Waals surface area contributed by atoms with Gasteiger partial charge in [0.05, 0.1) is 25.4 Å². The molecule has 0 atom stereocenters. The van der Waals surface area contributed by atoms with E-state index in [1.165, 1.54) is 18.3 Å². The molecule has 32 heavy (non-hydrogen) atoms. The van der Waals surface area contributed by atoms with Gasteiger partial charge in [-0.3, -0.25) is 14.4 Å². The number of rotatable bonds is 8. The van der Waals surface area contributed by atoms with E-state index in [1.54, 1.807) is 25.1 Å². The van der Waals surface area contributed by atoms with E-state index >= 15 is 0 Å². The molecule has 1 aromatic heterocycles. The van der Waals surface area contributed by atoms with Crippen LogP contribution in [-0.4, -0.2) is 53.3 Å². The third-order valence-electron chi connectivity index (χ3n) is 5.03. The second kappa shape index (κ2) is 8.54. The van der Waals surface area contributed by atoms with E-state index in [9.17, 15) is 19.2 Å². The molecule has 9 heteroatoms. The predicted molar refractivity (Wildman–Crippen MR) is 116 cm³/mol. The molecule has 164 valence electrons. The van der Waals surface area contributed by atoms with Crippen molar-refractivity contribution >= 4 is 40.2 Å². The van der Waals surface area contributed by atoms with Gasteiger partial charge in [0.1, 0.15) is 0 Å². The normalized spacial score (nSPS) is 13.9. The summed E-state index contributed by atoms with van der Waals surface area (Å²) in [7, 11) is 0. The average Bonchev–Trinajstić information content (AvgIpc) is 3.31. The van der Waals surface area contributed by atoms with E-state index in [-0.39, 0.29) is 5.69 Å². The second-order valence-electron chi connectivity index (χ2n) is 6.98. The monoisotopic (exact) mass is 435 g/mol. The summed E-state index contributed by atoms with van der Waals surface area (Å²) in [6, 6.07) is 10.8. The molecular weight excluding hydrogens is 414 g/mol. The van der Waals surface area contributed by atoms with Crippen molar-refractivity contribution < 1.29 is 28.7 Å². The summed E-state index contributed by atoms with van der Waals surface area (Å²) >= 11 is 0. The van der Waals surface area contributed by atoms with Gasteiger partial charge in [0.15, 0.2) is 17.3 Å². The molecule has 4 amide bonds. The Kier molecular flexibility index (Phi) is 5.63. The molecular formula is C23H21N3O6. The summed E-state index contributed by atoms with van der Waals surface area (Å²) in [5, 5.41) is 0.674. The topological polar surface area (TPSA) is 109 Å². The summed E-state index contributed by atoms with van der Waals surface area (Å²) < 4.78 is 11.0. The van der Waals surface area contributed by atoms with Gasteiger partial charge in [-0.25, -0.2) is 14.6 Å². The number of imide groups is 2. The summed E-state index contributed by atoms with van der Waals surface area (Å²) in [6.07, 6.45) is 1.53. The lowest BCUT2D eigenvalue weighted by molar-refractivity contribution is -0.139. The Morgan fingerprint density at radius 3 is 2.41 bits per heavy atom. The number of fused-ring (bicyclic) bond motifs is 1. The van der Waals surface area contributed by atoms with Crippen LogP contribution in [0.4, 0.5) is 10.5 Å². The van der Waals surface area contributed by atoms with Gasteiger partial charge in [0, 0.05) is 28.7 Å². The van der Waals surface area contributed by atoms with E-state index in [4.69, 9.17) is 9.47 Å². The van der Waals surface area contributed by atoms with E-state index in [1.807, 2.05) is 19.1 Å². The number of para-hydroxylation sites is 1. The number of ketones is 1. The smallest absolute Gasteiger partial charge is 0.339 e. The van der Waals surface area contributed by atoms with Crippen molar-refractivity contribution in [3.63, 3.8) is 0 Å². The highest BCUT2D eigenvalue weighted by molar-refractivity contribution is 6.53. The third-order valence-corrected chi connectivity index (χ3v) is 5.03. The first kappa shape index (κ1) is 21.1. The van der Waals surface area contributed by atoms with Crippen molar-refractivity contribution in [1.82, 2.24) is 9.88 Å². The Hall–Kier alpha value is -4.14. The van der Waals surface area contributed by atoms with E-state index < -0.39 is 30.2 Å². The highest BCUT2D eigenvalue weighted by Gasteiger charge is 2.46. The predicted octanol–water partition coefficient (Wildman–Crippen LogP) is 3.14. The molecule has 1 aliphatic heterocycles. The molecule has 1 N–H and O–H groups in total. The summed E-state index contributed by atoms with van der Waals surface area (Å²) in [5.74, 6) is -1.76. The molecule has 0 saturated carbocycles. The van der Waals surface area contributed by atoms with Crippen LogP contribution in [0.5, 0.6) is 11.5 Å². The number of nitrogens with one attached hydrogen (secondary N) is 1. The Bertz CT molecular complexity index is 1230. The van der Waals surface area contributed by atoms with Gasteiger partial charge in [0.25, 0.3) is 0 Å². The van der Waals surface area contributed by atoms with Crippen molar-refractivity contribution in [2.75, 3.05) is 24.7 Å². The molecule has 0 radical (unpaired) electrons. The number of benzene rings is 2. The fraction of sp³-hybridized carbons (Fsp3) is 0.217. The maximum absolute atomic E-state index is 13.0. The number of carbonyl (C=O) groups excluding carboxylic acids is 4. The second-order valence-corrected chi connectivity index (χ2v) is 6.98. The van der Waals surface area contributed by atoms with Crippen LogP contribution in [0.25, 0.3) is 10.9 Å². The number of urea groups is 1. The number of carbonyl (C=O) groups is 4. The first-order valence-electron chi connectivity index (χ1n) is 10.1. The van der Waals surface area contributed by atoms with Crippen LogP contribution in [0.15, 0.2) is 48.7 Å². The summed E-state index contributed by atoms with van der Waals surface area (Å²) in [6.45, 7) is 3.81. The van der Waals surface area contributed by atoms with Crippen LogP contribution in [0.3, 0.4) is 0 Å². The van der Waals surface area contributed by atoms with E-state index in [2.05, 4.69) is 4.98 Å². The molecule has 1 saturated heterocycles. The van der Waals surface area contributed by atoms with Crippen molar-refractivity contribution in [3.05, 3.63) is 54.2 Å². The first-order valence-corrected chi connectivity index (χ1v) is 10.1. The Morgan fingerprint density at radius 2 is 1.66 bits per heavy atom. The number of hydrogen-bond donors (Lipinski definition) is 1. The molecule has 0 bridgehead atoms. The number of H-pyrrole nitrogens is 1. The van der Waals surface area contributed by atoms with Crippen molar-refractivity contribution in [2.24, 2.45) is 0 Å². The lowest BCUT2D eigenvalue weighted by atomic mass is 10.1. The Balaban J connectivity index is 1.60. The van der Waals surface area contributed by atoms with E-state index in [0.717, 1.165) is 10.4 Å². The van der Waals surface area contributed by atoms with Crippen molar-refractivity contribution in [1.29, 1.82) is 0 Å². The molecule has 2 heterocycles. The average molecular weight is 435 g/mol. The highest BCUT2D eigenvalue weighted by Crippen LogP contribution is 2.34. The van der Waals surface area contributed by atoms with Crippen LogP contribution in [0.2, 0.25) is 0 Å². The molecule has 1 aliphatic rings. The lowest BCUT2D eigenvalue weighted by Crippen LogP contribution is -2.37. The zero-order valence-electron chi connectivity index (χ0n) is 17.6. The van der Waals surface area contributed by atoms with Gasteiger partial charge in [-0.2, -0.15) is 0 Å². The number of aromatic nitrogens is 1. The molecule has 0 unspecified atom stereocenters. The highest BCUT2D eigenvalue weighted by atomic mass is 16.5. The fourth-order valence-electron chi connectivity index (χ4n) is 3.58. The maximum Gasteiger partial charge on any atom is 0.339 e. The lowest BCUT2D eigenvalue weighted by Gasteiger charge is -2.17. The quantitative estimate of drug-likeness (QED) is 0.331. The Labute approximate surface area is 183 Å². The van der Waals surface area contributed by atoms with Gasteiger partial charge in [0.2, 0.25) is 0 Å². The molecule has 0 spiro atoms. The number of amides is 4. The largest absolute Gasteiger partial charge is 0.490 e. The van der Waals surface area contributed by atoms with Gasteiger partial charge >= 0.3 is 17.8 Å². The van der Waals surface area contributed by atoms with Crippen molar-refractivity contribution in [3.8, 4) is 11.5 Å². The van der Waals surface area contributed by atoms with Gasteiger partial charge < -0.3 is 14.5 Å². The van der Waals surface area contributed by atoms with E-state index in [0.29, 0.717) is 40.6 Å². The maximum atomic E-state index is 13.0. The van der Waals surface area contributed by atoms with Crippen LogP contribution < -0.4 is 14.4 Å². The van der Waals surface area contributed by atoms with Gasteiger partial charge in [-0.15, -0.1) is 0 Å². The molecule has 3 aromatic rings. The Morgan fingerprint density at radius 1 is 0.938 bits per heavy atom. The number of Topliss-reactive ketones (excluding diaryl/α,β-unsaturated/α-hetero) is 1. The molecule has 2 aromatic carbocycles. The third kappa shape index (κ3) is 3.58. The van der Waals surface area contributed by atoms with Crippen LogP contribution in [0.1, 0.15) is 24.2 Å². The first-order chi connectivity index (χ1) is 15.5. The number of hydrogen-bond acceptors (Lipinski definition) is 6. The molecule has 0 aliphatic carbocycles. The minimum Gasteiger partial charge on any atom is -0.490 e. The molecule has 4 rings (SSSR count). The van der Waals surface area contributed by atoms with Crippen LogP contribution >= 0.6 is 0 Å². The zero-order valence-corrected chi connectivity index (χ0v) is 17.6. The van der Waals surface area contributed by atoms with Crippen LogP contribution in [-0.2, 0) is 9.59 Å². The molecule has 1 fully saturated rings. The fourth-order valence-corrected chi connectivity index (χ4v) is 3.58. The zero-order chi connectivity index (χ0) is 22.8. The minimum atomic E-state index is -1.06. The summed E-state index contributed by atoms with van der Waals surface area (Å²) in [4.78, 5) is 55.3. The number of anilines is 1. The van der Waals surface area contributed by atoms with Crippen molar-refractivity contribution in [2.45, 2.75) is 13.8 Å². The number of aromatic amines is 1.